The predicted octanol–water partition coefficient (Wildman–Crippen LogP) is 1.89. The van der Waals surface area contributed by atoms with Crippen molar-refractivity contribution >= 4 is 18.2 Å². The molecule has 1 aromatic rings. The Balaban J connectivity index is 1.90. The molecule has 1 aromatic heterocycles. The van der Waals surface area contributed by atoms with Crippen LogP contribution < -0.4 is 4.90 Å². The zero-order valence-electron chi connectivity index (χ0n) is 10.2. The van der Waals surface area contributed by atoms with Gasteiger partial charge >= 0.3 is 0 Å². The third-order valence-corrected chi connectivity index (χ3v) is 3.59. The molecule has 1 aliphatic carbocycles. The first kappa shape index (κ1) is 11.2. The number of H-pyrrole nitrogens is 1. The summed E-state index contributed by atoms with van der Waals surface area (Å²) >= 11 is 5.30. The van der Waals surface area contributed by atoms with Crippen molar-refractivity contribution in [2.75, 3.05) is 18.0 Å². The lowest BCUT2D eigenvalue weighted by Crippen LogP contribution is -2.46. The quantitative estimate of drug-likeness (QED) is 0.819. The highest BCUT2D eigenvalue weighted by Crippen LogP contribution is 2.38. The first-order chi connectivity index (χ1) is 8.15. The summed E-state index contributed by atoms with van der Waals surface area (Å²) in [6.07, 6.45) is 2.93. The van der Waals surface area contributed by atoms with Crippen LogP contribution in [0, 0.1) is 4.77 Å². The highest BCUT2D eigenvalue weighted by atomic mass is 32.1. The number of aromatic nitrogens is 3. The summed E-state index contributed by atoms with van der Waals surface area (Å²) in [6, 6.07) is 0.560. The maximum absolute atomic E-state index is 5.75. The van der Waals surface area contributed by atoms with E-state index in [4.69, 9.17) is 17.0 Å². The van der Waals surface area contributed by atoms with Gasteiger partial charge in [-0.25, -0.2) is 5.10 Å². The topological polar surface area (TPSA) is 46.1 Å². The minimum Gasteiger partial charge on any atom is -0.372 e. The molecule has 1 saturated carbocycles. The van der Waals surface area contributed by atoms with Gasteiger partial charge in [0, 0.05) is 19.1 Å². The smallest absolute Gasteiger partial charge is 0.226 e. The van der Waals surface area contributed by atoms with Crippen LogP contribution in [0.5, 0.6) is 0 Å². The van der Waals surface area contributed by atoms with Gasteiger partial charge in [0.1, 0.15) is 0 Å². The molecular formula is C11H18N4OS. The van der Waals surface area contributed by atoms with Gasteiger partial charge in [-0.15, -0.1) is 5.10 Å². The van der Waals surface area contributed by atoms with Gasteiger partial charge in [-0.1, -0.05) is 0 Å². The summed E-state index contributed by atoms with van der Waals surface area (Å²) < 4.78 is 8.66. The molecule has 3 rings (SSSR count). The van der Waals surface area contributed by atoms with Crippen molar-refractivity contribution in [2.45, 2.75) is 44.9 Å². The van der Waals surface area contributed by atoms with Crippen molar-refractivity contribution in [1.82, 2.24) is 14.8 Å². The molecule has 0 spiro atoms. The summed E-state index contributed by atoms with van der Waals surface area (Å²) in [5.74, 6) is 0.986. The first-order valence-electron chi connectivity index (χ1n) is 6.22. The van der Waals surface area contributed by atoms with Crippen LogP contribution in [0.2, 0.25) is 0 Å². The number of nitrogens with zero attached hydrogens (tertiary/aromatic N) is 3. The molecule has 0 bridgehead atoms. The fourth-order valence-corrected chi connectivity index (χ4v) is 2.80. The molecule has 0 unspecified atom stereocenters. The Morgan fingerprint density at radius 3 is 2.53 bits per heavy atom. The zero-order chi connectivity index (χ0) is 12.0. The fraction of sp³-hybridized carbons (Fsp3) is 0.818. The Bertz CT molecular complexity index is 454. The van der Waals surface area contributed by atoms with E-state index in [2.05, 4.69) is 33.5 Å². The molecule has 0 aromatic carbocycles. The van der Waals surface area contributed by atoms with Crippen LogP contribution in [0.1, 0.15) is 32.7 Å². The molecule has 17 heavy (non-hydrogen) atoms. The van der Waals surface area contributed by atoms with E-state index in [-0.39, 0.29) is 12.2 Å². The standard InChI is InChI=1S/C11H18N4OS/c1-7-5-14(6-8(2)16-7)10-12-13-11(17)15(10)9-3-4-9/h7-9H,3-6H2,1-2H3,(H,13,17)/t7-,8+. The molecule has 94 valence electrons. The highest BCUT2D eigenvalue weighted by molar-refractivity contribution is 7.71. The van der Waals surface area contributed by atoms with Gasteiger partial charge in [-0.3, -0.25) is 4.57 Å². The van der Waals surface area contributed by atoms with Crippen LogP contribution in [0.3, 0.4) is 0 Å². The van der Waals surface area contributed by atoms with Crippen molar-refractivity contribution in [1.29, 1.82) is 0 Å². The Labute approximate surface area is 106 Å². The molecule has 2 atom stereocenters. The van der Waals surface area contributed by atoms with Crippen molar-refractivity contribution in [2.24, 2.45) is 0 Å². The molecule has 6 heteroatoms. The van der Waals surface area contributed by atoms with E-state index in [9.17, 15) is 0 Å². The van der Waals surface area contributed by atoms with Crippen molar-refractivity contribution in [3.05, 3.63) is 4.77 Å². The molecule has 1 saturated heterocycles. The lowest BCUT2D eigenvalue weighted by atomic mass is 10.2. The molecule has 1 N–H and O–H groups in total. The Hall–Kier alpha value is -0.880. The SMILES string of the molecule is C[C@@H]1CN(c2n[nH]c(=S)n2C2CC2)C[C@H](C)O1. The van der Waals surface area contributed by atoms with Gasteiger partial charge in [-0.05, 0) is 38.9 Å². The Kier molecular flexibility index (Phi) is 2.71. The molecule has 2 fully saturated rings. The van der Waals surface area contributed by atoms with Gasteiger partial charge in [0.25, 0.3) is 0 Å². The number of hydrogen-bond acceptors (Lipinski definition) is 4. The lowest BCUT2D eigenvalue weighted by Gasteiger charge is -2.35. The van der Waals surface area contributed by atoms with E-state index < -0.39 is 0 Å². The molecular weight excluding hydrogens is 236 g/mol. The van der Waals surface area contributed by atoms with Crippen LogP contribution >= 0.6 is 12.2 Å². The third kappa shape index (κ3) is 2.11. The number of ether oxygens (including phenoxy) is 1. The van der Waals surface area contributed by atoms with Crippen LogP contribution in [0.15, 0.2) is 0 Å². The lowest BCUT2D eigenvalue weighted by molar-refractivity contribution is -0.00592. The number of rotatable bonds is 2. The van der Waals surface area contributed by atoms with E-state index in [1.807, 2.05) is 0 Å². The van der Waals surface area contributed by atoms with Crippen LogP contribution in [-0.2, 0) is 4.74 Å². The second-order valence-corrected chi connectivity index (χ2v) is 5.48. The Morgan fingerprint density at radius 1 is 1.29 bits per heavy atom. The largest absolute Gasteiger partial charge is 0.372 e. The second kappa shape index (κ2) is 4.10. The number of morpholine rings is 1. The minimum absolute atomic E-state index is 0.247. The number of aromatic amines is 1. The van der Waals surface area contributed by atoms with Gasteiger partial charge in [0.2, 0.25) is 5.95 Å². The zero-order valence-corrected chi connectivity index (χ0v) is 11.0. The van der Waals surface area contributed by atoms with Crippen molar-refractivity contribution in [3.63, 3.8) is 0 Å². The van der Waals surface area contributed by atoms with Gasteiger partial charge < -0.3 is 9.64 Å². The molecule has 0 amide bonds. The average molecular weight is 254 g/mol. The maximum Gasteiger partial charge on any atom is 0.226 e. The van der Waals surface area contributed by atoms with Gasteiger partial charge in [-0.2, -0.15) is 0 Å². The summed E-state index contributed by atoms with van der Waals surface area (Å²) in [5, 5.41) is 7.30. The van der Waals surface area contributed by atoms with Crippen molar-refractivity contribution < 1.29 is 4.74 Å². The average Bonchev–Trinajstić information content (AvgIpc) is 3.01. The van der Waals surface area contributed by atoms with Crippen LogP contribution in [0.4, 0.5) is 5.95 Å². The molecule has 1 aliphatic heterocycles. The van der Waals surface area contributed by atoms with E-state index in [0.717, 1.165) is 23.8 Å². The normalized spacial score (nSPS) is 29.6. The summed E-state index contributed by atoms with van der Waals surface area (Å²) in [6.45, 7) is 5.98. The molecule has 2 heterocycles. The minimum atomic E-state index is 0.247. The Morgan fingerprint density at radius 2 is 1.94 bits per heavy atom. The summed E-state index contributed by atoms with van der Waals surface area (Å²) in [7, 11) is 0. The van der Waals surface area contributed by atoms with E-state index in [1.54, 1.807) is 0 Å². The molecule has 5 nitrogen and oxygen atoms in total. The molecule has 2 aliphatic rings. The van der Waals surface area contributed by atoms with E-state index >= 15 is 0 Å². The van der Waals surface area contributed by atoms with Gasteiger partial charge in [0.15, 0.2) is 4.77 Å². The third-order valence-electron chi connectivity index (χ3n) is 3.30. The van der Waals surface area contributed by atoms with E-state index in [0.29, 0.717) is 6.04 Å². The predicted molar refractivity (Wildman–Crippen MR) is 67.9 cm³/mol. The van der Waals surface area contributed by atoms with Gasteiger partial charge in [0.05, 0.1) is 12.2 Å². The second-order valence-electron chi connectivity index (χ2n) is 5.09. The van der Waals surface area contributed by atoms with Crippen LogP contribution in [0.25, 0.3) is 0 Å². The first-order valence-corrected chi connectivity index (χ1v) is 6.63. The fourth-order valence-electron chi connectivity index (χ4n) is 2.52. The van der Waals surface area contributed by atoms with Crippen LogP contribution in [-0.4, -0.2) is 40.1 Å². The maximum atomic E-state index is 5.75. The number of hydrogen-bond donors (Lipinski definition) is 1. The molecule has 0 radical (unpaired) electrons. The number of anilines is 1. The van der Waals surface area contributed by atoms with E-state index in [1.165, 1.54) is 12.8 Å². The summed E-state index contributed by atoms with van der Waals surface area (Å²) in [5.41, 5.74) is 0. The monoisotopic (exact) mass is 254 g/mol. The number of nitrogens with one attached hydrogen (secondary N) is 1. The van der Waals surface area contributed by atoms with Crippen molar-refractivity contribution in [3.8, 4) is 0 Å². The summed E-state index contributed by atoms with van der Waals surface area (Å²) in [4.78, 5) is 2.28. The highest BCUT2D eigenvalue weighted by Gasteiger charge is 2.31.